The van der Waals surface area contributed by atoms with Gasteiger partial charge in [0.15, 0.2) is 0 Å². The largest absolute Gasteiger partial charge is 0.495 e. The van der Waals surface area contributed by atoms with Gasteiger partial charge in [0.1, 0.15) is 5.75 Å². The molecule has 8 heteroatoms. The summed E-state index contributed by atoms with van der Waals surface area (Å²) in [5.41, 5.74) is 10.8. The van der Waals surface area contributed by atoms with E-state index in [-0.39, 0.29) is 18.0 Å². The third kappa shape index (κ3) is 5.56. The molecule has 0 bridgehead atoms. The predicted octanol–water partition coefficient (Wildman–Crippen LogP) is 4.73. The van der Waals surface area contributed by atoms with Crippen molar-refractivity contribution < 1.29 is 14.3 Å². The van der Waals surface area contributed by atoms with Crippen molar-refractivity contribution in [2.45, 2.75) is 12.0 Å². The van der Waals surface area contributed by atoms with Crippen molar-refractivity contribution in [1.82, 2.24) is 15.2 Å². The van der Waals surface area contributed by atoms with E-state index in [1.54, 1.807) is 14.2 Å². The lowest BCUT2D eigenvalue weighted by molar-refractivity contribution is 0.159. The van der Waals surface area contributed by atoms with Gasteiger partial charge in [-0.05, 0) is 17.7 Å². The summed E-state index contributed by atoms with van der Waals surface area (Å²) >= 11 is 0. The van der Waals surface area contributed by atoms with Crippen LogP contribution in [0, 0.1) is 0 Å². The Morgan fingerprint density at radius 1 is 1.03 bits per heavy atom. The van der Waals surface area contributed by atoms with Crippen LogP contribution in [-0.4, -0.2) is 62.4 Å². The lowest BCUT2D eigenvalue weighted by Crippen LogP contribution is -2.42. The van der Waals surface area contributed by atoms with Gasteiger partial charge >= 0.3 is 6.03 Å². The van der Waals surface area contributed by atoms with Crippen molar-refractivity contribution >= 4 is 28.3 Å². The minimum Gasteiger partial charge on any atom is -0.495 e. The summed E-state index contributed by atoms with van der Waals surface area (Å²) in [6.07, 6.45) is 0. The molecular formula is C30H33N5O3. The number of methoxy groups -OCH3 is 2. The zero-order valence-corrected chi connectivity index (χ0v) is 21.7. The van der Waals surface area contributed by atoms with E-state index in [9.17, 15) is 4.79 Å². The summed E-state index contributed by atoms with van der Waals surface area (Å²) < 4.78 is 10.7. The van der Waals surface area contributed by atoms with Crippen LogP contribution < -0.4 is 21.1 Å². The fraction of sp³-hybridized carbons (Fsp3) is 0.267. The number of fused-ring (bicyclic) bond motifs is 1. The topological polar surface area (TPSA) is 102 Å². The molecule has 3 aromatic carbocycles. The second kappa shape index (κ2) is 11.5. The van der Waals surface area contributed by atoms with Crippen molar-refractivity contribution in [2.75, 3.05) is 51.5 Å². The van der Waals surface area contributed by atoms with E-state index in [2.05, 4.69) is 27.7 Å². The molecule has 196 valence electrons. The van der Waals surface area contributed by atoms with Gasteiger partial charge in [-0.15, -0.1) is 0 Å². The Bertz CT molecular complexity index is 1400. The average Bonchev–Trinajstić information content (AvgIpc) is 3.34. The standard InChI is InChI=1S/C30H33N5O3/c1-37-14-13-35-18-23(20-9-5-3-6-10-20)27(19-35)34-30(36)33-26-16-22-15-24(31)28(38-2)17-25(22)32-29(26)21-11-7-4-8-12-21/h3-12,15-17,23,27H,13-14,18-19,31H2,1-2H3,(H2,33,34,36)/t23-,27+/m0/s1. The Morgan fingerprint density at radius 3 is 2.47 bits per heavy atom. The summed E-state index contributed by atoms with van der Waals surface area (Å²) in [5.74, 6) is 0.739. The molecule has 38 heavy (non-hydrogen) atoms. The van der Waals surface area contributed by atoms with Crippen LogP contribution in [0.4, 0.5) is 16.2 Å². The van der Waals surface area contributed by atoms with Gasteiger partial charge in [0.25, 0.3) is 0 Å². The van der Waals surface area contributed by atoms with Gasteiger partial charge in [-0.3, -0.25) is 4.90 Å². The summed E-state index contributed by atoms with van der Waals surface area (Å²) in [5, 5.41) is 7.12. The zero-order valence-electron chi connectivity index (χ0n) is 21.7. The van der Waals surface area contributed by atoms with Gasteiger partial charge in [-0.25, -0.2) is 9.78 Å². The molecule has 1 fully saturated rings. The smallest absolute Gasteiger partial charge is 0.319 e. The highest BCUT2D eigenvalue weighted by Gasteiger charge is 2.34. The van der Waals surface area contributed by atoms with Gasteiger partial charge in [0, 0.05) is 49.7 Å². The molecule has 0 spiro atoms. The molecule has 1 aliphatic rings. The number of hydrogen-bond donors (Lipinski definition) is 3. The van der Waals surface area contributed by atoms with Crippen LogP contribution in [0.2, 0.25) is 0 Å². The number of carbonyl (C=O) groups excluding carboxylic acids is 1. The fourth-order valence-corrected chi connectivity index (χ4v) is 5.11. The van der Waals surface area contributed by atoms with Crippen molar-refractivity contribution in [3.63, 3.8) is 0 Å². The minimum absolute atomic E-state index is 0.0530. The number of likely N-dealkylation sites (tertiary alicyclic amines) is 1. The quantitative estimate of drug-likeness (QED) is 0.296. The number of anilines is 2. The lowest BCUT2D eigenvalue weighted by Gasteiger charge is -2.21. The summed E-state index contributed by atoms with van der Waals surface area (Å²) in [6, 6.07) is 25.4. The van der Waals surface area contributed by atoms with Crippen molar-refractivity contribution in [2.24, 2.45) is 0 Å². The van der Waals surface area contributed by atoms with E-state index >= 15 is 0 Å². The number of pyridine rings is 1. The van der Waals surface area contributed by atoms with Crippen LogP contribution >= 0.6 is 0 Å². The first-order chi connectivity index (χ1) is 18.6. The lowest BCUT2D eigenvalue weighted by atomic mass is 9.94. The number of hydrogen-bond acceptors (Lipinski definition) is 6. The van der Waals surface area contributed by atoms with Crippen LogP contribution in [0.3, 0.4) is 0 Å². The number of nitrogens with one attached hydrogen (secondary N) is 2. The van der Waals surface area contributed by atoms with Gasteiger partial charge < -0.3 is 25.8 Å². The number of benzene rings is 3. The highest BCUT2D eigenvalue weighted by Crippen LogP contribution is 2.34. The zero-order chi connectivity index (χ0) is 26.5. The Hall–Kier alpha value is -4.14. The second-order valence-corrected chi connectivity index (χ2v) is 9.51. The normalized spacial score (nSPS) is 17.4. The molecule has 2 heterocycles. The molecule has 0 aliphatic carbocycles. The molecule has 4 N–H and O–H groups in total. The summed E-state index contributed by atoms with van der Waals surface area (Å²) in [7, 11) is 3.29. The third-order valence-corrected chi connectivity index (χ3v) is 7.01. The van der Waals surface area contributed by atoms with Crippen molar-refractivity contribution in [1.29, 1.82) is 0 Å². The maximum absolute atomic E-state index is 13.4. The number of amides is 2. The van der Waals surface area contributed by atoms with Crippen LogP contribution in [0.25, 0.3) is 22.2 Å². The first kappa shape index (κ1) is 25.5. The van der Waals surface area contributed by atoms with Gasteiger partial charge in [-0.1, -0.05) is 60.7 Å². The van der Waals surface area contributed by atoms with E-state index in [4.69, 9.17) is 20.2 Å². The number of carbonyl (C=O) groups is 1. The van der Waals surface area contributed by atoms with E-state index in [0.717, 1.165) is 36.1 Å². The second-order valence-electron chi connectivity index (χ2n) is 9.51. The number of rotatable bonds is 8. The molecule has 4 aromatic rings. The molecule has 1 saturated heterocycles. The molecule has 1 aliphatic heterocycles. The summed E-state index contributed by atoms with van der Waals surface area (Å²) in [4.78, 5) is 20.6. The number of nitrogen functional groups attached to an aromatic ring is 1. The highest BCUT2D eigenvalue weighted by molar-refractivity contribution is 5.99. The SMILES string of the molecule is COCCN1C[C@@H](NC(=O)Nc2cc3cc(N)c(OC)cc3nc2-c2ccccc2)[C@H](c2ccccc2)C1. The van der Waals surface area contributed by atoms with Crippen LogP contribution in [0.5, 0.6) is 5.75 Å². The molecule has 0 saturated carbocycles. The first-order valence-electron chi connectivity index (χ1n) is 12.7. The maximum Gasteiger partial charge on any atom is 0.319 e. The number of urea groups is 1. The molecule has 8 nitrogen and oxygen atoms in total. The molecule has 0 unspecified atom stereocenters. The van der Waals surface area contributed by atoms with Crippen molar-refractivity contribution in [3.8, 4) is 17.0 Å². The predicted molar refractivity (Wildman–Crippen MR) is 152 cm³/mol. The monoisotopic (exact) mass is 511 g/mol. The fourth-order valence-electron chi connectivity index (χ4n) is 5.11. The van der Waals surface area contributed by atoms with Gasteiger partial charge in [0.05, 0.1) is 42.3 Å². The third-order valence-electron chi connectivity index (χ3n) is 7.01. The minimum atomic E-state index is -0.274. The average molecular weight is 512 g/mol. The maximum atomic E-state index is 13.4. The van der Waals surface area contributed by atoms with Gasteiger partial charge in [-0.2, -0.15) is 0 Å². The molecule has 0 radical (unpaired) electrons. The molecule has 2 atom stereocenters. The molecule has 2 amide bonds. The Labute approximate surface area is 222 Å². The number of ether oxygens (including phenoxy) is 2. The Balaban J connectivity index is 1.43. The van der Waals surface area contributed by atoms with Crippen LogP contribution in [0.1, 0.15) is 11.5 Å². The molecular weight excluding hydrogens is 478 g/mol. The first-order valence-corrected chi connectivity index (χ1v) is 12.7. The highest BCUT2D eigenvalue weighted by atomic mass is 16.5. The number of aromatic nitrogens is 1. The van der Waals surface area contributed by atoms with Crippen LogP contribution in [0.15, 0.2) is 78.9 Å². The summed E-state index contributed by atoms with van der Waals surface area (Å²) in [6.45, 7) is 3.06. The number of nitrogens with two attached hydrogens (primary N) is 1. The van der Waals surface area contributed by atoms with E-state index < -0.39 is 0 Å². The molecule has 1 aromatic heterocycles. The van der Waals surface area contributed by atoms with E-state index in [1.165, 1.54) is 5.56 Å². The van der Waals surface area contributed by atoms with Gasteiger partial charge in [0.2, 0.25) is 0 Å². The van der Waals surface area contributed by atoms with Crippen LogP contribution in [-0.2, 0) is 4.74 Å². The van der Waals surface area contributed by atoms with E-state index in [1.807, 2.05) is 66.7 Å². The Morgan fingerprint density at radius 2 is 1.76 bits per heavy atom. The van der Waals surface area contributed by atoms with E-state index in [0.29, 0.717) is 29.4 Å². The Kier molecular flexibility index (Phi) is 7.72. The number of nitrogens with zero attached hydrogens (tertiary/aromatic N) is 2. The molecule has 5 rings (SSSR count). The van der Waals surface area contributed by atoms with Crippen molar-refractivity contribution in [3.05, 3.63) is 84.4 Å².